The summed E-state index contributed by atoms with van der Waals surface area (Å²) < 4.78 is 10.0. The van der Waals surface area contributed by atoms with Gasteiger partial charge in [-0.1, -0.05) is 5.16 Å². The Kier molecular flexibility index (Phi) is 3.71. The molecule has 0 aliphatic heterocycles. The normalized spacial score (nSPS) is 10.4. The first-order chi connectivity index (χ1) is 9.15. The van der Waals surface area contributed by atoms with Crippen LogP contribution in [0, 0.1) is 10.1 Å². The van der Waals surface area contributed by atoms with Gasteiger partial charge in [0, 0.05) is 11.6 Å². The van der Waals surface area contributed by atoms with Gasteiger partial charge in [-0.15, -0.1) is 0 Å². The Balaban J connectivity index is 2.42. The summed E-state index contributed by atoms with van der Waals surface area (Å²) in [6, 6.07) is 4.48. The highest BCUT2D eigenvalue weighted by Gasteiger charge is 2.18. The van der Waals surface area contributed by atoms with Crippen molar-refractivity contribution in [2.75, 3.05) is 6.61 Å². The summed E-state index contributed by atoms with van der Waals surface area (Å²) in [6.07, 6.45) is 0. The molecule has 0 saturated heterocycles. The lowest BCUT2D eigenvalue weighted by molar-refractivity contribution is -0.385. The maximum atomic E-state index is 11.0. The van der Waals surface area contributed by atoms with E-state index in [9.17, 15) is 10.1 Å². The highest BCUT2D eigenvalue weighted by Crippen LogP contribution is 2.31. The molecule has 0 bridgehead atoms. The molecule has 0 fully saturated rings. The Morgan fingerprint density at radius 3 is 2.89 bits per heavy atom. The molecule has 2 aromatic rings. The van der Waals surface area contributed by atoms with Gasteiger partial charge in [-0.25, -0.2) is 0 Å². The zero-order valence-electron chi connectivity index (χ0n) is 10.2. The average Bonchev–Trinajstić information content (AvgIpc) is 2.88. The number of nitrogens with zero attached hydrogens (tertiary/aromatic N) is 3. The van der Waals surface area contributed by atoms with Crippen LogP contribution >= 0.6 is 0 Å². The summed E-state index contributed by atoms with van der Waals surface area (Å²) in [5.74, 6) is 0.733. The van der Waals surface area contributed by atoms with Crippen molar-refractivity contribution in [1.29, 1.82) is 0 Å². The molecular formula is C11H12N4O4. The van der Waals surface area contributed by atoms with Crippen molar-refractivity contribution in [3.8, 4) is 17.1 Å². The van der Waals surface area contributed by atoms with Gasteiger partial charge >= 0.3 is 5.69 Å². The molecule has 8 nitrogen and oxygen atoms in total. The largest absolute Gasteiger partial charge is 0.487 e. The minimum atomic E-state index is -0.515. The highest BCUT2D eigenvalue weighted by atomic mass is 16.6. The molecule has 19 heavy (non-hydrogen) atoms. The molecule has 2 rings (SSSR count). The molecule has 0 radical (unpaired) electrons. The molecule has 8 heteroatoms. The standard InChI is InChI=1S/C11H12N4O4/c1-2-18-9-4-3-7(5-8(9)15(16)17)11-13-10(6-12)19-14-11/h3-5H,2,6,12H2,1H3. The number of hydrogen-bond acceptors (Lipinski definition) is 7. The van der Waals surface area contributed by atoms with Crippen LogP contribution in [-0.4, -0.2) is 21.7 Å². The third-order valence-electron chi connectivity index (χ3n) is 2.36. The molecule has 1 heterocycles. The number of hydrogen-bond donors (Lipinski definition) is 1. The van der Waals surface area contributed by atoms with Gasteiger partial charge in [0.15, 0.2) is 5.75 Å². The number of nitro benzene ring substituents is 1. The number of nitrogens with two attached hydrogens (primary N) is 1. The van der Waals surface area contributed by atoms with Gasteiger partial charge in [-0.05, 0) is 19.1 Å². The highest BCUT2D eigenvalue weighted by molar-refractivity contribution is 5.63. The van der Waals surface area contributed by atoms with Crippen LogP contribution in [0.1, 0.15) is 12.8 Å². The lowest BCUT2D eigenvalue weighted by atomic mass is 10.2. The first kappa shape index (κ1) is 13.0. The summed E-state index contributed by atoms with van der Waals surface area (Å²) in [6.45, 7) is 2.22. The zero-order valence-corrected chi connectivity index (χ0v) is 10.2. The van der Waals surface area contributed by atoms with Crippen LogP contribution in [0.3, 0.4) is 0 Å². The van der Waals surface area contributed by atoms with Gasteiger partial charge in [0.1, 0.15) is 0 Å². The van der Waals surface area contributed by atoms with E-state index in [2.05, 4.69) is 10.1 Å². The van der Waals surface area contributed by atoms with Crippen molar-refractivity contribution in [1.82, 2.24) is 10.1 Å². The van der Waals surface area contributed by atoms with E-state index in [1.165, 1.54) is 12.1 Å². The predicted octanol–water partition coefficient (Wildman–Crippen LogP) is 1.50. The van der Waals surface area contributed by atoms with Crippen molar-refractivity contribution in [2.24, 2.45) is 5.73 Å². The number of ether oxygens (including phenoxy) is 1. The van der Waals surface area contributed by atoms with Crippen LogP contribution < -0.4 is 10.5 Å². The first-order valence-electron chi connectivity index (χ1n) is 5.60. The van der Waals surface area contributed by atoms with Gasteiger partial charge in [0.2, 0.25) is 11.7 Å². The Bertz CT molecular complexity index is 596. The van der Waals surface area contributed by atoms with Gasteiger partial charge in [0.25, 0.3) is 0 Å². The van der Waals surface area contributed by atoms with Crippen LogP contribution in [0.25, 0.3) is 11.4 Å². The summed E-state index contributed by atoms with van der Waals surface area (Å²) in [5.41, 5.74) is 5.69. The van der Waals surface area contributed by atoms with E-state index in [1.807, 2.05) is 0 Å². The lowest BCUT2D eigenvalue weighted by Gasteiger charge is -2.04. The quantitative estimate of drug-likeness (QED) is 0.642. The van der Waals surface area contributed by atoms with E-state index >= 15 is 0 Å². The van der Waals surface area contributed by atoms with E-state index in [0.29, 0.717) is 12.2 Å². The predicted molar refractivity (Wildman–Crippen MR) is 65.4 cm³/mol. The van der Waals surface area contributed by atoms with E-state index in [0.717, 1.165) is 0 Å². The molecule has 0 aliphatic rings. The van der Waals surface area contributed by atoms with Gasteiger partial charge in [-0.2, -0.15) is 4.98 Å². The van der Waals surface area contributed by atoms with Crippen LogP contribution in [0.4, 0.5) is 5.69 Å². The van der Waals surface area contributed by atoms with Crippen molar-refractivity contribution in [3.05, 3.63) is 34.2 Å². The van der Waals surface area contributed by atoms with Gasteiger partial charge < -0.3 is 15.0 Å². The number of aromatic nitrogens is 2. The van der Waals surface area contributed by atoms with E-state index in [-0.39, 0.29) is 29.7 Å². The van der Waals surface area contributed by atoms with Gasteiger partial charge in [0.05, 0.1) is 18.1 Å². The molecule has 1 aromatic carbocycles. The van der Waals surface area contributed by atoms with Crippen molar-refractivity contribution in [2.45, 2.75) is 13.5 Å². The van der Waals surface area contributed by atoms with Crippen LogP contribution in [0.2, 0.25) is 0 Å². The number of rotatable bonds is 5. The SMILES string of the molecule is CCOc1ccc(-c2noc(CN)n2)cc1[N+](=O)[O-]. The Hall–Kier alpha value is -2.48. The summed E-state index contributed by atoms with van der Waals surface area (Å²) in [4.78, 5) is 14.5. The third kappa shape index (κ3) is 2.68. The van der Waals surface area contributed by atoms with Crippen LogP contribution in [0.5, 0.6) is 5.75 Å². The van der Waals surface area contributed by atoms with E-state index < -0.39 is 4.92 Å². The molecule has 100 valence electrons. The molecular weight excluding hydrogens is 252 g/mol. The van der Waals surface area contributed by atoms with Crippen LogP contribution in [0.15, 0.2) is 22.7 Å². The topological polar surface area (TPSA) is 117 Å². The maximum Gasteiger partial charge on any atom is 0.311 e. The first-order valence-corrected chi connectivity index (χ1v) is 5.60. The fourth-order valence-corrected chi connectivity index (χ4v) is 1.53. The Morgan fingerprint density at radius 2 is 2.32 bits per heavy atom. The van der Waals surface area contributed by atoms with Crippen molar-refractivity contribution >= 4 is 5.69 Å². The molecule has 0 atom stereocenters. The Labute approximate surface area is 108 Å². The number of nitro groups is 1. The second-order valence-corrected chi connectivity index (χ2v) is 3.59. The number of benzene rings is 1. The van der Waals surface area contributed by atoms with E-state index in [4.69, 9.17) is 15.0 Å². The smallest absolute Gasteiger partial charge is 0.311 e. The minimum absolute atomic E-state index is 0.117. The summed E-state index contributed by atoms with van der Waals surface area (Å²) in [7, 11) is 0. The third-order valence-corrected chi connectivity index (χ3v) is 2.36. The monoisotopic (exact) mass is 264 g/mol. The minimum Gasteiger partial charge on any atom is -0.487 e. The Morgan fingerprint density at radius 1 is 1.53 bits per heavy atom. The van der Waals surface area contributed by atoms with Crippen molar-refractivity contribution in [3.63, 3.8) is 0 Å². The molecule has 0 saturated carbocycles. The van der Waals surface area contributed by atoms with Crippen molar-refractivity contribution < 1.29 is 14.2 Å². The molecule has 0 unspecified atom stereocenters. The molecule has 0 amide bonds. The average molecular weight is 264 g/mol. The fraction of sp³-hybridized carbons (Fsp3) is 0.273. The molecule has 0 spiro atoms. The van der Waals surface area contributed by atoms with Crippen LogP contribution in [-0.2, 0) is 6.54 Å². The summed E-state index contributed by atoms with van der Waals surface area (Å²) >= 11 is 0. The zero-order chi connectivity index (χ0) is 13.8. The maximum absolute atomic E-state index is 11.0. The fourth-order valence-electron chi connectivity index (χ4n) is 1.53. The molecule has 0 aliphatic carbocycles. The molecule has 2 N–H and O–H groups in total. The lowest BCUT2D eigenvalue weighted by Crippen LogP contribution is -1.98. The molecule has 1 aromatic heterocycles. The van der Waals surface area contributed by atoms with E-state index in [1.54, 1.807) is 13.0 Å². The second kappa shape index (κ2) is 5.44. The van der Waals surface area contributed by atoms with Gasteiger partial charge in [-0.3, -0.25) is 10.1 Å². The second-order valence-electron chi connectivity index (χ2n) is 3.59. The summed E-state index contributed by atoms with van der Waals surface area (Å²) in [5, 5.41) is 14.7.